The molecule has 0 saturated carbocycles. The fourth-order valence-corrected chi connectivity index (χ4v) is 2.68. The van der Waals surface area contributed by atoms with E-state index >= 15 is 0 Å². The van der Waals surface area contributed by atoms with E-state index in [4.69, 9.17) is 10.5 Å². The van der Waals surface area contributed by atoms with E-state index < -0.39 is 0 Å². The van der Waals surface area contributed by atoms with Gasteiger partial charge in [-0.2, -0.15) is 0 Å². The number of aromatic nitrogens is 1. The van der Waals surface area contributed by atoms with Crippen molar-refractivity contribution in [3.8, 4) is 0 Å². The number of rotatable bonds is 2. The highest BCUT2D eigenvalue weighted by Crippen LogP contribution is 2.25. The number of ether oxygens (including phenoxy) is 1. The molecule has 1 aromatic heterocycles. The maximum atomic E-state index is 5.68. The molecular weight excluding hydrogens is 210 g/mol. The summed E-state index contributed by atoms with van der Waals surface area (Å²) in [5.41, 5.74) is 5.57. The van der Waals surface area contributed by atoms with Crippen molar-refractivity contribution in [1.82, 2.24) is 4.98 Å². The van der Waals surface area contributed by atoms with Crippen LogP contribution in [0.2, 0.25) is 0 Å². The molecule has 2 atom stereocenters. The Bertz CT molecular complexity index is 318. The maximum absolute atomic E-state index is 5.68. The van der Waals surface area contributed by atoms with E-state index in [-0.39, 0.29) is 12.2 Å². The number of anilines is 1. The Kier molecular flexibility index (Phi) is 3.23. The molecule has 5 heteroatoms. The summed E-state index contributed by atoms with van der Waals surface area (Å²) in [5, 5.41) is 1.07. The molecule has 15 heavy (non-hydrogen) atoms. The molecular formula is C10H17N3OS. The second-order valence-electron chi connectivity index (χ2n) is 3.98. The summed E-state index contributed by atoms with van der Waals surface area (Å²) in [4.78, 5) is 7.80. The van der Waals surface area contributed by atoms with Crippen molar-refractivity contribution in [2.24, 2.45) is 5.73 Å². The summed E-state index contributed by atoms with van der Waals surface area (Å²) < 4.78 is 5.68. The normalized spacial score (nSPS) is 27.0. The van der Waals surface area contributed by atoms with Crippen molar-refractivity contribution in [2.45, 2.75) is 32.6 Å². The first-order valence-corrected chi connectivity index (χ1v) is 6.06. The van der Waals surface area contributed by atoms with Crippen LogP contribution in [-0.4, -0.2) is 30.3 Å². The second kappa shape index (κ2) is 4.47. The van der Waals surface area contributed by atoms with Gasteiger partial charge in [-0.05, 0) is 13.8 Å². The van der Waals surface area contributed by atoms with Crippen LogP contribution in [0.1, 0.15) is 18.7 Å². The molecule has 0 bridgehead atoms. The first-order valence-electron chi connectivity index (χ1n) is 5.24. The fraction of sp³-hybridized carbons (Fsp3) is 0.700. The SMILES string of the molecule is CC1CN(c2ncc(CN)s2)CC(C)O1. The van der Waals surface area contributed by atoms with Crippen LogP contribution in [0.5, 0.6) is 0 Å². The lowest BCUT2D eigenvalue weighted by atomic mass is 10.2. The molecule has 2 N–H and O–H groups in total. The molecule has 2 unspecified atom stereocenters. The average molecular weight is 227 g/mol. The number of morpholine rings is 1. The van der Waals surface area contributed by atoms with Crippen molar-refractivity contribution in [2.75, 3.05) is 18.0 Å². The smallest absolute Gasteiger partial charge is 0.185 e. The van der Waals surface area contributed by atoms with Gasteiger partial charge in [0.15, 0.2) is 5.13 Å². The highest BCUT2D eigenvalue weighted by atomic mass is 32.1. The Labute approximate surface area is 94.1 Å². The molecule has 2 heterocycles. The zero-order chi connectivity index (χ0) is 10.8. The highest BCUT2D eigenvalue weighted by molar-refractivity contribution is 7.15. The molecule has 4 nitrogen and oxygen atoms in total. The lowest BCUT2D eigenvalue weighted by Crippen LogP contribution is -2.45. The number of nitrogens with two attached hydrogens (primary N) is 1. The van der Waals surface area contributed by atoms with Gasteiger partial charge in [0.25, 0.3) is 0 Å². The fourth-order valence-electron chi connectivity index (χ4n) is 1.87. The second-order valence-corrected chi connectivity index (χ2v) is 5.07. The summed E-state index contributed by atoms with van der Waals surface area (Å²) >= 11 is 1.68. The van der Waals surface area contributed by atoms with Crippen LogP contribution in [0.25, 0.3) is 0 Å². The molecule has 1 aliphatic rings. The molecule has 0 aliphatic carbocycles. The van der Waals surface area contributed by atoms with Gasteiger partial charge in [-0.3, -0.25) is 0 Å². The Morgan fingerprint density at radius 2 is 2.20 bits per heavy atom. The first-order chi connectivity index (χ1) is 7.19. The quantitative estimate of drug-likeness (QED) is 0.825. The molecule has 0 spiro atoms. The van der Waals surface area contributed by atoms with Gasteiger partial charge >= 0.3 is 0 Å². The third-order valence-electron chi connectivity index (χ3n) is 2.43. The van der Waals surface area contributed by atoms with E-state index in [2.05, 4.69) is 23.7 Å². The molecule has 2 rings (SSSR count). The molecule has 1 aliphatic heterocycles. The summed E-state index contributed by atoms with van der Waals surface area (Å²) in [7, 11) is 0. The number of hydrogen-bond acceptors (Lipinski definition) is 5. The van der Waals surface area contributed by atoms with Crippen LogP contribution < -0.4 is 10.6 Å². The standard InChI is InChI=1S/C10H17N3OS/c1-7-5-13(6-8(2)14-7)10-12-4-9(3-11)15-10/h4,7-8H,3,5-6,11H2,1-2H3. The average Bonchev–Trinajstić information content (AvgIpc) is 2.64. The van der Waals surface area contributed by atoms with Crippen LogP contribution in [0, 0.1) is 0 Å². The van der Waals surface area contributed by atoms with Crippen molar-refractivity contribution >= 4 is 16.5 Å². The van der Waals surface area contributed by atoms with Crippen molar-refractivity contribution in [3.05, 3.63) is 11.1 Å². The van der Waals surface area contributed by atoms with Gasteiger partial charge in [0.1, 0.15) is 0 Å². The topological polar surface area (TPSA) is 51.4 Å². The summed E-state index contributed by atoms with van der Waals surface area (Å²) in [6.45, 7) is 6.61. The van der Waals surface area contributed by atoms with Gasteiger partial charge in [0.05, 0.1) is 12.2 Å². The number of thiazole rings is 1. The van der Waals surface area contributed by atoms with Gasteiger partial charge in [0, 0.05) is 30.7 Å². The van der Waals surface area contributed by atoms with E-state index in [1.54, 1.807) is 11.3 Å². The highest BCUT2D eigenvalue weighted by Gasteiger charge is 2.23. The zero-order valence-corrected chi connectivity index (χ0v) is 9.96. The van der Waals surface area contributed by atoms with Crippen molar-refractivity contribution < 1.29 is 4.74 Å². The molecule has 1 fully saturated rings. The predicted octanol–water partition coefficient (Wildman–Crippen LogP) is 1.22. The zero-order valence-electron chi connectivity index (χ0n) is 9.14. The summed E-state index contributed by atoms with van der Waals surface area (Å²) in [5.74, 6) is 0. The minimum atomic E-state index is 0.277. The lowest BCUT2D eigenvalue weighted by Gasteiger charge is -2.35. The van der Waals surface area contributed by atoms with Gasteiger partial charge in [-0.25, -0.2) is 4.98 Å². The summed E-state index contributed by atoms with van der Waals surface area (Å²) in [6.07, 6.45) is 2.42. The van der Waals surface area contributed by atoms with E-state index in [0.717, 1.165) is 23.1 Å². The van der Waals surface area contributed by atoms with E-state index in [1.165, 1.54) is 0 Å². The Morgan fingerprint density at radius 1 is 1.53 bits per heavy atom. The number of hydrogen-bond donors (Lipinski definition) is 1. The summed E-state index contributed by atoms with van der Waals surface area (Å²) in [6, 6.07) is 0. The maximum Gasteiger partial charge on any atom is 0.185 e. The third-order valence-corrected chi connectivity index (χ3v) is 3.51. The molecule has 84 valence electrons. The predicted molar refractivity (Wildman–Crippen MR) is 62.2 cm³/mol. The Morgan fingerprint density at radius 3 is 2.73 bits per heavy atom. The number of nitrogens with zero attached hydrogens (tertiary/aromatic N) is 2. The van der Waals surface area contributed by atoms with Crippen molar-refractivity contribution in [3.63, 3.8) is 0 Å². The molecule has 0 radical (unpaired) electrons. The molecule has 1 aromatic rings. The van der Waals surface area contributed by atoms with Crippen LogP contribution in [0.3, 0.4) is 0 Å². The van der Waals surface area contributed by atoms with Gasteiger partial charge < -0.3 is 15.4 Å². The van der Waals surface area contributed by atoms with Crippen molar-refractivity contribution in [1.29, 1.82) is 0 Å². The lowest BCUT2D eigenvalue weighted by molar-refractivity contribution is -0.00522. The first kappa shape index (κ1) is 10.9. The van der Waals surface area contributed by atoms with Crippen LogP contribution >= 0.6 is 11.3 Å². The molecule has 1 saturated heterocycles. The van der Waals surface area contributed by atoms with Gasteiger partial charge in [-0.15, -0.1) is 11.3 Å². The minimum absolute atomic E-state index is 0.277. The van der Waals surface area contributed by atoms with Crippen LogP contribution in [0.4, 0.5) is 5.13 Å². The molecule has 0 aromatic carbocycles. The van der Waals surface area contributed by atoms with E-state index in [1.807, 2.05) is 6.20 Å². The molecule has 0 amide bonds. The van der Waals surface area contributed by atoms with Crippen LogP contribution in [0.15, 0.2) is 6.20 Å². The van der Waals surface area contributed by atoms with E-state index in [9.17, 15) is 0 Å². The Hall–Kier alpha value is -0.650. The monoisotopic (exact) mass is 227 g/mol. The largest absolute Gasteiger partial charge is 0.372 e. The van der Waals surface area contributed by atoms with Gasteiger partial charge in [0.2, 0.25) is 0 Å². The van der Waals surface area contributed by atoms with Gasteiger partial charge in [-0.1, -0.05) is 0 Å². The minimum Gasteiger partial charge on any atom is -0.372 e. The van der Waals surface area contributed by atoms with E-state index in [0.29, 0.717) is 6.54 Å². The third kappa shape index (κ3) is 2.48. The van der Waals surface area contributed by atoms with Crippen LogP contribution in [-0.2, 0) is 11.3 Å². The Balaban J connectivity index is 2.09.